The van der Waals surface area contributed by atoms with E-state index in [2.05, 4.69) is 12.2 Å². The zero-order chi connectivity index (χ0) is 9.42. The van der Waals surface area contributed by atoms with Crippen LogP contribution in [-0.4, -0.2) is 7.05 Å². The van der Waals surface area contributed by atoms with Gasteiger partial charge in [0.25, 0.3) is 0 Å². The lowest BCUT2D eigenvalue weighted by Crippen LogP contribution is -1.97. The van der Waals surface area contributed by atoms with Gasteiger partial charge >= 0.3 is 0 Å². The predicted molar refractivity (Wildman–Crippen MR) is 52.7 cm³/mol. The number of nitrogens with one attached hydrogen (secondary N) is 1. The van der Waals surface area contributed by atoms with Crippen LogP contribution in [0.1, 0.15) is 29.9 Å². The average Bonchev–Trinajstić information content (AvgIpc) is 2.91. The molecule has 13 heavy (non-hydrogen) atoms. The van der Waals surface area contributed by atoms with E-state index < -0.39 is 0 Å². The van der Waals surface area contributed by atoms with Crippen molar-refractivity contribution in [3.8, 4) is 0 Å². The fourth-order valence-corrected chi connectivity index (χ4v) is 1.78. The summed E-state index contributed by atoms with van der Waals surface area (Å²) >= 11 is 0. The summed E-state index contributed by atoms with van der Waals surface area (Å²) in [4.78, 5) is 0. The molecule has 70 valence electrons. The molecule has 0 aromatic heterocycles. The third-order valence-corrected chi connectivity index (χ3v) is 2.70. The van der Waals surface area contributed by atoms with Gasteiger partial charge in [-0.3, -0.25) is 0 Å². The van der Waals surface area contributed by atoms with Crippen LogP contribution >= 0.6 is 0 Å². The maximum Gasteiger partial charge on any atom is 0.125 e. The van der Waals surface area contributed by atoms with Crippen molar-refractivity contribution in [3.05, 3.63) is 29.1 Å². The van der Waals surface area contributed by atoms with Crippen molar-refractivity contribution in [2.24, 2.45) is 0 Å². The van der Waals surface area contributed by atoms with Gasteiger partial charge in [-0.25, -0.2) is 4.39 Å². The standard InChI is InChI=1S/C11H14FN/c1-7-10(8-3-4-8)5-9(12)6-11(7)13-2/h5-6,8,13H,3-4H2,1-2H3. The highest BCUT2D eigenvalue weighted by molar-refractivity contribution is 5.55. The maximum atomic E-state index is 13.1. The van der Waals surface area contributed by atoms with Crippen molar-refractivity contribution in [1.82, 2.24) is 0 Å². The molecule has 1 saturated carbocycles. The topological polar surface area (TPSA) is 12.0 Å². The van der Waals surface area contributed by atoms with Gasteiger partial charge in [-0.05, 0) is 48.9 Å². The monoisotopic (exact) mass is 179 g/mol. The first-order chi connectivity index (χ1) is 6.22. The molecule has 0 heterocycles. The third kappa shape index (κ3) is 1.53. The molecule has 0 amide bonds. The lowest BCUT2D eigenvalue weighted by molar-refractivity contribution is 0.625. The first-order valence-corrected chi connectivity index (χ1v) is 4.70. The molecule has 0 bridgehead atoms. The van der Waals surface area contributed by atoms with Crippen LogP contribution in [0.4, 0.5) is 10.1 Å². The van der Waals surface area contributed by atoms with Crippen LogP contribution < -0.4 is 5.32 Å². The second kappa shape index (κ2) is 3.02. The smallest absolute Gasteiger partial charge is 0.125 e. The number of anilines is 1. The Hall–Kier alpha value is -1.05. The molecule has 1 aromatic rings. The van der Waals surface area contributed by atoms with Crippen molar-refractivity contribution in [3.63, 3.8) is 0 Å². The number of rotatable bonds is 2. The zero-order valence-corrected chi connectivity index (χ0v) is 8.02. The van der Waals surface area contributed by atoms with E-state index >= 15 is 0 Å². The highest BCUT2D eigenvalue weighted by atomic mass is 19.1. The molecule has 2 heteroatoms. The zero-order valence-electron chi connectivity index (χ0n) is 8.02. The third-order valence-electron chi connectivity index (χ3n) is 2.70. The summed E-state index contributed by atoms with van der Waals surface area (Å²) in [6.07, 6.45) is 2.43. The second-order valence-electron chi connectivity index (χ2n) is 3.69. The molecule has 0 radical (unpaired) electrons. The average molecular weight is 179 g/mol. The van der Waals surface area contributed by atoms with Gasteiger partial charge in [-0.2, -0.15) is 0 Å². The van der Waals surface area contributed by atoms with Gasteiger partial charge < -0.3 is 5.32 Å². The summed E-state index contributed by atoms with van der Waals surface area (Å²) in [6.45, 7) is 2.05. The normalized spacial score (nSPS) is 15.9. The SMILES string of the molecule is CNc1cc(F)cc(C2CC2)c1C. The highest BCUT2D eigenvalue weighted by Gasteiger charge is 2.26. The van der Waals surface area contributed by atoms with Crippen LogP contribution in [0.25, 0.3) is 0 Å². The molecule has 0 spiro atoms. The summed E-state index contributed by atoms with van der Waals surface area (Å²) in [7, 11) is 1.83. The lowest BCUT2D eigenvalue weighted by Gasteiger charge is -2.10. The Kier molecular flexibility index (Phi) is 1.98. The van der Waals surface area contributed by atoms with Crippen molar-refractivity contribution < 1.29 is 4.39 Å². The molecule has 1 aliphatic rings. The number of benzene rings is 1. The fourth-order valence-electron chi connectivity index (χ4n) is 1.78. The molecule has 0 atom stereocenters. The summed E-state index contributed by atoms with van der Waals surface area (Å²) in [5.41, 5.74) is 3.30. The Bertz CT molecular complexity index is 329. The molecule has 0 aliphatic heterocycles. The molecule has 1 N–H and O–H groups in total. The van der Waals surface area contributed by atoms with E-state index in [1.807, 2.05) is 7.05 Å². The van der Waals surface area contributed by atoms with E-state index in [-0.39, 0.29) is 5.82 Å². The van der Waals surface area contributed by atoms with Gasteiger partial charge in [0.15, 0.2) is 0 Å². The van der Waals surface area contributed by atoms with Crippen molar-refractivity contribution in [2.45, 2.75) is 25.7 Å². The van der Waals surface area contributed by atoms with Crippen LogP contribution in [-0.2, 0) is 0 Å². The number of hydrogen-bond donors (Lipinski definition) is 1. The molecule has 1 aliphatic carbocycles. The summed E-state index contributed by atoms with van der Waals surface area (Å²) in [5, 5.41) is 3.02. The Morgan fingerprint density at radius 2 is 2.08 bits per heavy atom. The van der Waals surface area contributed by atoms with E-state index in [1.54, 1.807) is 12.1 Å². The van der Waals surface area contributed by atoms with E-state index in [0.29, 0.717) is 5.92 Å². The fraction of sp³-hybridized carbons (Fsp3) is 0.455. The first kappa shape index (κ1) is 8.54. The van der Waals surface area contributed by atoms with Crippen molar-refractivity contribution in [1.29, 1.82) is 0 Å². The van der Waals surface area contributed by atoms with Crippen LogP contribution in [0.15, 0.2) is 12.1 Å². The first-order valence-electron chi connectivity index (χ1n) is 4.70. The Morgan fingerprint density at radius 1 is 1.38 bits per heavy atom. The Morgan fingerprint density at radius 3 is 2.62 bits per heavy atom. The molecular formula is C11H14FN. The second-order valence-corrected chi connectivity index (χ2v) is 3.69. The molecule has 1 fully saturated rings. The van der Waals surface area contributed by atoms with E-state index in [0.717, 1.165) is 5.69 Å². The molecule has 0 saturated heterocycles. The van der Waals surface area contributed by atoms with Crippen LogP contribution in [0.3, 0.4) is 0 Å². The number of hydrogen-bond acceptors (Lipinski definition) is 1. The summed E-state index contributed by atoms with van der Waals surface area (Å²) in [5.74, 6) is 0.486. The Balaban J connectivity index is 2.47. The molecular weight excluding hydrogens is 165 g/mol. The Labute approximate surface area is 78.0 Å². The lowest BCUT2D eigenvalue weighted by atomic mass is 10.0. The minimum Gasteiger partial charge on any atom is -0.388 e. The molecule has 0 unspecified atom stereocenters. The minimum atomic E-state index is -0.128. The molecule has 1 nitrogen and oxygen atoms in total. The largest absolute Gasteiger partial charge is 0.388 e. The quantitative estimate of drug-likeness (QED) is 0.735. The van der Waals surface area contributed by atoms with Gasteiger partial charge in [-0.1, -0.05) is 0 Å². The molecule has 2 rings (SSSR count). The van der Waals surface area contributed by atoms with Crippen LogP contribution in [0, 0.1) is 12.7 Å². The van der Waals surface area contributed by atoms with Crippen molar-refractivity contribution >= 4 is 5.69 Å². The highest BCUT2D eigenvalue weighted by Crippen LogP contribution is 2.43. The summed E-state index contributed by atoms with van der Waals surface area (Å²) in [6, 6.07) is 3.23. The van der Waals surface area contributed by atoms with Crippen LogP contribution in [0.5, 0.6) is 0 Å². The minimum absolute atomic E-state index is 0.128. The summed E-state index contributed by atoms with van der Waals surface area (Å²) < 4.78 is 13.1. The number of halogens is 1. The van der Waals surface area contributed by atoms with Gasteiger partial charge in [0.2, 0.25) is 0 Å². The predicted octanol–water partition coefficient (Wildman–Crippen LogP) is 3.05. The van der Waals surface area contributed by atoms with E-state index in [9.17, 15) is 4.39 Å². The van der Waals surface area contributed by atoms with Gasteiger partial charge in [-0.15, -0.1) is 0 Å². The van der Waals surface area contributed by atoms with E-state index in [4.69, 9.17) is 0 Å². The maximum absolute atomic E-state index is 13.1. The van der Waals surface area contributed by atoms with Gasteiger partial charge in [0, 0.05) is 12.7 Å². The van der Waals surface area contributed by atoms with E-state index in [1.165, 1.54) is 24.0 Å². The van der Waals surface area contributed by atoms with Gasteiger partial charge in [0.1, 0.15) is 5.82 Å². The van der Waals surface area contributed by atoms with Gasteiger partial charge in [0.05, 0.1) is 0 Å². The molecule has 1 aromatic carbocycles. The van der Waals surface area contributed by atoms with Crippen LogP contribution in [0.2, 0.25) is 0 Å². The van der Waals surface area contributed by atoms with Crippen molar-refractivity contribution in [2.75, 3.05) is 12.4 Å².